The highest BCUT2D eigenvalue weighted by atomic mass is 16.4. The van der Waals surface area contributed by atoms with E-state index in [1.54, 1.807) is 0 Å². The highest BCUT2D eigenvalue weighted by Crippen LogP contribution is 2.05. The number of carbonyl (C=O) groups is 2. The Bertz CT molecular complexity index is 253. The fourth-order valence-electron chi connectivity index (χ4n) is 1.18. The average Bonchev–Trinajstić information content (AvgIpc) is 2.14. The van der Waals surface area contributed by atoms with Crippen molar-refractivity contribution >= 4 is 11.9 Å². The zero-order chi connectivity index (χ0) is 12.9. The van der Waals surface area contributed by atoms with Crippen molar-refractivity contribution in [2.24, 2.45) is 11.7 Å². The molecule has 0 heterocycles. The van der Waals surface area contributed by atoms with Gasteiger partial charge in [-0.3, -0.25) is 4.79 Å². The van der Waals surface area contributed by atoms with Gasteiger partial charge in [0.15, 0.2) is 0 Å². The van der Waals surface area contributed by atoms with Gasteiger partial charge >= 0.3 is 5.97 Å². The van der Waals surface area contributed by atoms with Crippen LogP contribution in [0, 0.1) is 5.92 Å². The van der Waals surface area contributed by atoms with E-state index in [-0.39, 0.29) is 5.92 Å². The molecule has 0 spiro atoms. The smallest absolute Gasteiger partial charge is 0.326 e. The molecule has 0 aliphatic heterocycles. The van der Waals surface area contributed by atoms with Gasteiger partial charge in [0.2, 0.25) is 5.91 Å². The van der Waals surface area contributed by atoms with Crippen LogP contribution in [0.3, 0.4) is 0 Å². The molecule has 0 aliphatic carbocycles. The van der Waals surface area contributed by atoms with Crippen LogP contribution in [0.25, 0.3) is 0 Å². The molecule has 1 amide bonds. The van der Waals surface area contributed by atoms with Gasteiger partial charge in [0.25, 0.3) is 0 Å². The minimum absolute atomic E-state index is 0.143. The molecule has 0 aromatic heterocycles. The second-order valence-electron chi connectivity index (χ2n) is 4.30. The third kappa shape index (κ3) is 5.09. The van der Waals surface area contributed by atoms with E-state index in [4.69, 9.17) is 15.9 Å². The van der Waals surface area contributed by atoms with E-state index >= 15 is 0 Å². The van der Waals surface area contributed by atoms with Gasteiger partial charge in [0, 0.05) is 0 Å². The standard InChI is InChI=1S/C10H20N2O4/c1-5(2)4-7(10(15)16)12-9(14)8(11)6(3)13/h5-8,13H,4,11H2,1-3H3,(H,12,14)(H,15,16)/t6?,7-,8-/m0/s1. The minimum Gasteiger partial charge on any atom is -0.480 e. The van der Waals surface area contributed by atoms with E-state index in [0.29, 0.717) is 6.42 Å². The highest BCUT2D eigenvalue weighted by molar-refractivity contribution is 5.87. The van der Waals surface area contributed by atoms with Crippen molar-refractivity contribution in [2.75, 3.05) is 0 Å². The van der Waals surface area contributed by atoms with Gasteiger partial charge in [-0.1, -0.05) is 13.8 Å². The van der Waals surface area contributed by atoms with E-state index in [2.05, 4.69) is 5.32 Å². The molecule has 0 aromatic rings. The minimum atomic E-state index is -1.10. The first-order valence-corrected chi connectivity index (χ1v) is 5.22. The zero-order valence-electron chi connectivity index (χ0n) is 9.80. The predicted octanol–water partition coefficient (Wildman–Crippen LogP) is -0.690. The highest BCUT2D eigenvalue weighted by Gasteiger charge is 2.25. The molecular weight excluding hydrogens is 212 g/mol. The average molecular weight is 232 g/mol. The molecule has 6 nitrogen and oxygen atoms in total. The number of rotatable bonds is 6. The second kappa shape index (κ2) is 6.44. The Balaban J connectivity index is 4.40. The summed E-state index contributed by atoms with van der Waals surface area (Å²) in [5, 5.41) is 20.3. The molecule has 5 N–H and O–H groups in total. The van der Waals surface area contributed by atoms with Crippen molar-refractivity contribution in [3.05, 3.63) is 0 Å². The van der Waals surface area contributed by atoms with Crippen LogP contribution in [0.4, 0.5) is 0 Å². The van der Waals surface area contributed by atoms with Gasteiger partial charge in [0.1, 0.15) is 12.1 Å². The van der Waals surface area contributed by atoms with Crippen molar-refractivity contribution in [1.29, 1.82) is 0 Å². The molecular formula is C10H20N2O4. The van der Waals surface area contributed by atoms with Crippen LogP contribution in [-0.4, -0.2) is 40.3 Å². The Hall–Kier alpha value is -1.14. The van der Waals surface area contributed by atoms with Gasteiger partial charge < -0.3 is 21.3 Å². The van der Waals surface area contributed by atoms with Crippen molar-refractivity contribution < 1.29 is 19.8 Å². The van der Waals surface area contributed by atoms with Crippen molar-refractivity contribution in [3.8, 4) is 0 Å². The molecule has 0 saturated carbocycles. The van der Waals surface area contributed by atoms with E-state index < -0.39 is 30.1 Å². The van der Waals surface area contributed by atoms with Crippen LogP contribution in [0.15, 0.2) is 0 Å². The second-order valence-corrected chi connectivity index (χ2v) is 4.30. The Kier molecular flexibility index (Phi) is 5.98. The summed E-state index contributed by atoms with van der Waals surface area (Å²) in [6.07, 6.45) is -0.679. The maximum atomic E-state index is 11.4. The number of nitrogens with two attached hydrogens (primary N) is 1. The number of amides is 1. The van der Waals surface area contributed by atoms with E-state index in [1.807, 2.05) is 13.8 Å². The Morgan fingerprint density at radius 2 is 1.81 bits per heavy atom. The van der Waals surface area contributed by atoms with E-state index in [9.17, 15) is 9.59 Å². The van der Waals surface area contributed by atoms with Crippen LogP contribution in [0.5, 0.6) is 0 Å². The molecule has 0 radical (unpaired) electrons. The Morgan fingerprint density at radius 1 is 1.31 bits per heavy atom. The molecule has 3 atom stereocenters. The molecule has 6 heteroatoms. The first-order valence-electron chi connectivity index (χ1n) is 5.22. The molecule has 0 fully saturated rings. The molecule has 94 valence electrons. The molecule has 0 saturated heterocycles. The Morgan fingerprint density at radius 3 is 2.12 bits per heavy atom. The summed E-state index contributed by atoms with van der Waals surface area (Å²) < 4.78 is 0. The first-order chi connectivity index (χ1) is 7.25. The van der Waals surface area contributed by atoms with Crippen molar-refractivity contribution in [3.63, 3.8) is 0 Å². The van der Waals surface area contributed by atoms with Gasteiger partial charge in [-0.05, 0) is 19.3 Å². The largest absolute Gasteiger partial charge is 0.480 e. The lowest BCUT2D eigenvalue weighted by atomic mass is 10.0. The Labute approximate surface area is 94.8 Å². The number of carboxylic acids is 1. The summed E-state index contributed by atoms with van der Waals surface area (Å²) in [6.45, 7) is 5.09. The predicted molar refractivity (Wildman–Crippen MR) is 58.7 cm³/mol. The number of carboxylic acid groups (broad SMARTS) is 1. The molecule has 0 aliphatic rings. The lowest BCUT2D eigenvalue weighted by Gasteiger charge is -2.20. The molecule has 1 unspecified atom stereocenters. The van der Waals surface area contributed by atoms with Gasteiger partial charge in [-0.25, -0.2) is 4.79 Å². The fraction of sp³-hybridized carbons (Fsp3) is 0.800. The summed E-state index contributed by atoms with van der Waals surface area (Å²) >= 11 is 0. The molecule has 0 bridgehead atoms. The third-order valence-electron chi connectivity index (χ3n) is 2.14. The van der Waals surface area contributed by atoms with Gasteiger partial charge in [-0.15, -0.1) is 0 Å². The maximum Gasteiger partial charge on any atom is 0.326 e. The van der Waals surface area contributed by atoms with Gasteiger partial charge in [0.05, 0.1) is 6.10 Å². The van der Waals surface area contributed by atoms with Crippen molar-refractivity contribution in [2.45, 2.75) is 45.4 Å². The van der Waals surface area contributed by atoms with Crippen LogP contribution < -0.4 is 11.1 Å². The lowest BCUT2D eigenvalue weighted by Crippen LogP contribution is -2.52. The number of hydrogen-bond donors (Lipinski definition) is 4. The number of aliphatic hydroxyl groups excluding tert-OH is 1. The zero-order valence-corrected chi connectivity index (χ0v) is 9.80. The molecule has 0 rings (SSSR count). The normalized spacial score (nSPS) is 16.6. The molecule has 16 heavy (non-hydrogen) atoms. The van der Waals surface area contributed by atoms with E-state index in [1.165, 1.54) is 6.92 Å². The maximum absolute atomic E-state index is 11.4. The lowest BCUT2D eigenvalue weighted by molar-refractivity contribution is -0.142. The van der Waals surface area contributed by atoms with Crippen LogP contribution in [-0.2, 0) is 9.59 Å². The fourth-order valence-corrected chi connectivity index (χ4v) is 1.18. The summed E-state index contributed by atoms with van der Waals surface area (Å²) in [7, 11) is 0. The SMILES string of the molecule is CC(C)C[C@H](NC(=O)[C@@H](N)C(C)O)C(=O)O. The topological polar surface area (TPSA) is 113 Å². The number of carbonyl (C=O) groups excluding carboxylic acids is 1. The third-order valence-corrected chi connectivity index (χ3v) is 2.14. The molecule has 0 aromatic carbocycles. The summed E-state index contributed by atoms with van der Waals surface area (Å²) in [6, 6.07) is -2.06. The van der Waals surface area contributed by atoms with Crippen LogP contribution >= 0.6 is 0 Å². The van der Waals surface area contributed by atoms with Gasteiger partial charge in [-0.2, -0.15) is 0 Å². The number of hydrogen-bond acceptors (Lipinski definition) is 4. The monoisotopic (exact) mass is 232 g/mol. The number of aliphatic carboxylic acids is 1. The van der Waals surface area contributed by atoms with Crippen LogP contribution in [0.2, 0.25) is 0 Å². The van der Waals surface area contributed by atoms with E-state index in [0.717, 1.165) is 0 Å². The van der Waals surface area contributed by atoms with Crippen molar-refractivity contribution in [1.82, 2.24) is 5.32 Å². The summed E-state index contributed by atoms with van der Waals surface area (Å²) in [5.74, 6) is -1.60. The summed E-state index contributed by atoms with van der Waals surface area (Å²) in [5.41, 5.74) is 5.38. The number of nitrogens with one attached hydrogen (secondary N) is 1. The number of aliphatic hydroxyl groups is 1. The van der Waals surface area contributed by atoms with Crippen LogP contribution in [0.1, 0.15) is 27.2 Å². The quantitative estimate of drug-likeness (QED) is 0.484. The first kappa shape index (κ1) is 14.9. The summed E-state index contributed by atoms with van der Waals surface area (Å²) in [4.78, 5) is 22.3.